The number of rotatable bonds is 12. The lowest BCUT2D eigenvalue weighted by atomic mass is 10.0. The van der Waals surface area contributed by atoms with Gasteiger partial charge in [-0.1, -0.05) is 18.2 Å². The highest BCUT2D eigenvalue weighted by Gasteiger charge is 2.26. The molecule has 0 radical (unpaired) electrons. The number of aromatic nitrogens is 1. The fraction of sp³-hybridized carbons (Fsp3) is 0.276. The van der Waals surface area contributed by atoms with E-state index < -0.39 is 17.7 Å². The molecule has 0 aliphatic carbocycles. The molecule has 9 nitrogen and oxygen atoms in total. The van der Waals surface area contributed by atoms with E-state index in [-0.39, 0.29) is 37.5 Å². The summed E-state index contributed by atoms with van der Waals surface area (Å²) in [6.07, 6.45) is 0.00300. The largest absolute Gasteiger partial charge is 0.494 e. The molecule has 1 atom stereocenters. The molecule has 39 heavy (non-hydrogen) atoms. The number of hydrogen-bond acceptors (Lipinski definition) is 9. The lowest BCUT2D eigenvalue weighted by Gasteiger charge is -2.18. The molecule has 4 rings (SSSR count). The van der Waals surface area contributed by atoms with Gasteiger partial charge in [-0.15, -0.1) is 11.3 Å². The molecule has 0 saturated heterocycles. The average Bonchev–Trinajstić information content (AvgIpc) is 3.40. The van der Waals surface area contributed by atoms with E-state index in [1.807, 2.05) is 30.5 Å². The Morgan fingerprint density at radius 2 is 1.77 bits per heavy atom. The van der Waals surface area contributed by atoms with Gasteiger partial charge in [-0.3, -0.25) is 9.59 Å². The third-order valence-corrected chi connectivity index (χ3v) is 7.33. The summed E-state index contributed by atoms with van der Waals surface area (Å²) in [6, 6.07) is 12.8. The highest BCUT2D eigenvalue weighted by atomic mass is 32.1. The maximum Gasteiger partial charge on any atom is 0.252 e. The maximum absolute atomic E-state index is 13.5. The number of aliphatic hydroxyl groups is 2. The molecule has 10 heteroatoms. The number of methoxy groups -OCH3 is 2. The van der Waals surface area contributed by atoms with Crippen LogP contribution in [0.15, 0.2) is 53.9 Å². The zero-order valence-electron chi connectivity index (χ0n) is 21.9. The fourth-order valence-corrected chi connectivity index (χ4v) is 5.26. The van der Waals surface area contributed by atoms with E-state index in [1.54, 1.807) is 36.6 Å². The number of carbonyl (C=O) groups is 2. The van der Waals surface area contributed by atoms with Gasteiger partial charge in [0.15, 0.2) is 11.5 Å². The number of amides is 1. The van der Waals surface area contributed by atoms with Crippen molar-refractivity contribution in [2.75, 3.05) is 34.0 Å². The molecule has 1 amide bonds. The summed E-state index contributed by atoms with van der Waals surface area (Å²) in [4.78, 5) is 31.3. The lowest BCUT2D eigenvalue weighted by Crippen LogP contribution is -2.41. The molecule has 2 heterocycles. The van der Waals surface area contributed by atoms with E-state index in [4.69, 9.17) is 19.3 Å². The van der Waals surface area contributed by atoms with Crippen LogP contribution in [0.25, 0.3) is 21.3 Å². The van der Waals surface area contributed by atoms with Crippen LogP contribution in [-0.2, 0) is 0 Å². The minimum Gasteiger partial charge on any atom is -0.494 e. The topological polar surface area (TPSA) is 127 Å². The van der Waals surface area contributed by atoms with Crippen molar-refractivity contribution in [2.24, 2.45) is 0 Å². The summed E-state index contributed by atoms with van der Waals surface area (Å²) in [5.41, 5.74) is 2.90. The van der Waals surface area contributed by atoms with Crippen molar-refractivity contribution in [2.45, 2.75) is 19.4 Å². The van der Waals surface area contributed by atoms with E-state index in [0.29, 0.717) is 22.9 Å². The standard InChI is InChI=1S/C29H30N2O7S/c1-17-5-4-6-19-20(16-39-28(17)19)26-24(36-2)10-8-21(30-26)27(34)22(11-12-32)31-29(35)18-7-9-23(38-14-13-33)25(15-18)37-3/h4-10,15-16,22,32-33H,11-14H2,1-3H3,(H,31,35). The van der Waals surface area contributed by atoms with E-state index in [1.165, 1.54) is 19.2 Å². The first kappa shape index (κ1) is 28.0. The van der Waals surface area contributed by atoms with Crippen LogP contribution in [0, 0.1) is 6.92 Å². The van der Waals surface area contributed by atoms with Gasteiger partial charge in [0.1, 0.15) is 23.7 Å². The number of hydrogen-bond donors (Lipinski definition) is 3. The second-order valence-corrected chi connectivity index (χ2v) is 9.57. The van der Waals surface area contributed by atoms with Gasteiger partial charge < -0.3 is 29.7 Å². The van der Waals surface area contributed by atoms with Crippen molar-refractivity contribution >= 4 is 33.1 Å². The second-order valence-electron chi connectivity index (χ2n) is 8.69. The summed E-state index contributed by atoms with van der Waals surface area (Å²) in [6.45, 7) is 1.64. The van der Waals surface area contributed by atoms with Crippen molar-refractivity contribution in [3.8, 4) is 28.5 Å². The van der Waals surface area contributed by atoms with Crippen LogP contribution in [0.4, 0.5) is 0 Å². The van der Waals surface area contributed by atoms with Crippen LogP contribution in [0.5, 0.6) is 17.2 Å². The molecule has 204 valence electrons. The zero-order valence-corrected chi connectivity index (χ0v) is 22.7. The normalized spacial score (nSPS) is 11.7. The van der Waals surface area contributed by atoms with Gasteiger partial charge >= 0.3 is 0 Å². The molecular weight excluding hydrogens is 520 g/mol. The smallest absolute Gasteiger partial charge is 0.252 e. The molecule has 0 fully saturated rings. The molecule has 2 aromatic carbocycles. The summed E-state index contributed by atoms with van der Waals surface area (Å²) in [5, 5.41) is 24.4. The highest BCUT2D eigenvalue weighted by Crippen LogP contribution is 2.39. The van der Waals surface area contributed by atoms with Crippen LogP contribution in [0.3, 0.4) is 0 Å². The van der Waals surface area contributed by atoms with Crippen molar-refractivity contribution in [3.05, 3.63) is 70.7 Å². The Morgan fingerprint density at radius 3 is 2.49 bits per heavy atom. The molecule has 2 aromatic heterocycles. The number of benzene rings is 2. The predicted molar refractivity (Wildman–Crippen MR) is 149 cm³/mol. The number of thiophene rings is 1. The number of ketones is 1. The Labute approximate surface area is 230 Å². The van der Waals surface area contributed by atoms with E-state index in [9.17, 15) is 14.7 Å². The lowest BCUT2D eigenvalue weighted by molar-refractivity contribution is 0.0837. The second kappa shape index (κ2) is 12.7. The minimum absolute atomic E-state index is 0.00300. The Morgan fingerprint density at radius 1 is 1.00 bits per heavy atom. The van der Waals surface area contributed by atoms with Gasteiger partial charge in [0.05, 0.1) is 26.9 Å². The van der Waals surface area contributed by atoms with Crippen LogP contribution < -0.4 is 19.5 Å². The number of Topliss-reactive ketones (excluding diaryl/α,β-unsaturated/α-hetero) is 1. The summed E-state index contributed by atoms with van der Waals surface area (Å²) >= 11 is 1.60. The minimum atomic E-state index is -1.02. The van der Waals surface area contributed by atoms with Gasteiger partial charge in [0, 0.05) is 33.2 Å². The molecule has 0 bridgehead atoms. The SMILES string of the molecule is COc1cc(C(=O)NC(CCO)C(=O)c2ccc(OC)c(-c3csc4c(C)cccc34)n2)ccc1OCCO. The predicted octanol–water partition coefficient (Wildman–Crippen LogP) is 4.02. The number of nitrogens with zero attached hydrogens (tertiary/aromatic N) is 1. The van der Waals surface area contributed by atoms with E-state index in [2.05, 4.69) is 10.3 Å². The third kappa shape index (κ3) is 6.03. The Kier molecular flexibility index (Phi) is 9.13. The third-order valence-electron chi connectivity index (χ3n) is 6.20. The molecule has 3 N–H and O–H groups in total. The molecule has 0 spiro atoms. The van der Waals surface area contributed by atoms with Crippen molar-refractivity contribution in [1.82, 2.24) is 10.3 Å². The van der Waals surface area contributed by atoms with Crippen LogP contribution in [-0.4, -0.2) is 67.0 Å². The van der Waals surface area contributed by atoms with Crippen LogP contribution in [0.2, 0.25) is 0 Å². The van der Waals surface area contributed by atoms with Gasteiger partial charge in [-0.05, 0) is 49.2 Å². The van der Waals surface area contributed by atoms with Gasteiger partial charge in [0.2, 0.25) is 5.78 Å². The molecule has 0 aliphatic rings. The summed E-state index contributed by atoms with van der Waals surface area (Å²) in [7, 11) is 2.98. The number of nitrogens with one attached hydrogen (secondary N) is 1. The monoisotopic (exact) mass is 550 g/mol. The Balaban J connectivity index is 1.63. The number of aryl methyl sites for hydroxylation is 1. The summed E-state index contributed by atoms with van der Waals surface area (Å²) in [5.74, 6) is 0.234. The Bertz CT molecular complexity index is 1480. The summed E-state index contributed by atoms with van der Waals surface area (Å²) < 4.78 is 17.4. The van der Waals surface area contributed by atoms with E-state index in [0.717, 1.165) is 21.2 Å². The van der Waals surface area contributed by atoms with Crippen molar-refractivity contribution in [1.29, 1.82) is 0 Å². The average molecular weight is 551 g/mol. The Hall–Kier alpha value is -3.99. The molecular formula is C29H30N2O7S. The van der Waals surface area contributed by atoms with E-state index >= 15 is 0 Å². The number of aliphatic hydroxyl groups excluding tert-OH is 2. The quantitative estimate of drug-likeness (QED) is 0.226. The molecule has 0 aliphatic heterocycles. The van der Waals surface area contributed by atoms with Crippen LogP contribution >= 0.6 is 11.3 Å². The number of pyridine rings is 1. The first-order valence-electron chi connectivity index (χ1n) is 12.3. The first-order chi connectivity index (χ1) is 18.9. The van der Waals surface area contributed by atoms with Gasteiger partial charge in [0.25, 0.3) is 5.91 Å². The highest BCUT2D eigenvalue weighted by molar-refractivity contribution is 7.18. The van der Waals surface area contributed by atoms with Gasteiger partial charge in [-0.25, -0.2) is 4.98 Å². The fourth-order valence-electron chi connectivity index (χ4n) is 4.23. The number of ether oxygens (including phenoxy) is 3. The molecule has 4 aromatic rings. The van der Waals surface area contributed by atoms with Gasteiger partial charge in [-0.2, -0.15) is 0 Å². The molecule has 0 saturated carbocycles. The number of carbonyl (C=O) groups excluding carboxylic acids is 2. The first-order valence-corrected chi connectivity index (χ1v) is 13.2. The maximum atomic E-state index is 13.5. The van der Waals surface area contributed by atoms with Crippen molar-refractivity contribution < 1.29 is 34.0 Å². The zero-order chi connectivity index (χ0) is 27.9. The van der Waals surface area contributed by atoms with Crippen LogP contribution in [0.1, 0.15) is 32.8 Å². The number of fused-ring (bicyclic) bond motifs is 1. The van der Waals surface area contributed by atoms with Crippen molar-refractivity contribution in [3.63, 3.8) is 0 Å². The molecule has 1 unspecified atom stereocenters.